The maximum Gasteiger partial charge on any atom is 0.238 e. The number of nitrogens with one attached hydrogen (secondary N) is 3. The number of amides is 1. The first-order valence-corrected chi connectivity index (χ1v) is 9.92. The summed E-state index contributed by atoms with van der Waals surface area (Å²) in [7, 11) is 5.52. The summed E-state index contributed by atoms with van der Waals surface area (Å²) < 4.78 is 0. The zero-order valence-corrected chi connectivity index (χ0v) is 18.1. The minimum atomic E-state index is -0.0253. The van der Waals surface area contributed by atoms with Gasteiger partial charge in [0.2, 0.25) is 5.91 Å². The highest BCUT2D eigenvalue weighted by molar-refractivity contribution is 5.92. The Bertz CT molecular complexity index is 832. The number of aryl methyl sites for hydroxylation is 1. The monoisotopic (exact) mass is 395 g/mol. The first-order valence-electron chi connectivity index (χ1n) is 9.92. The highest BCUT2D eigenvalue weighted by atomic mass is 16.2. The second-order valence-corrected chi connectivity index (χ2v) is 7.61. The molecule has 2 aromatic carbocycles. The minimum Gasteiger partial charge on any atom is -0.356 e. The number of carbonyl (C=O) groups is 1. The van der Waals surface area contributed by atoms with E-state index in [9.17, 15) is 4.79 Å². The number of hydrogen-bond donors (Lipinski definition) is 3. The molecule has 0 radical (unpaired) electrons. The lowest BCUT2D eigenvalue weighted by atomic mass is 9.99. The van der Waals surface area contributed by atoms with Gasteiger partial charge in [-0.05, 0) is 50.2 Å². The molecule has 0 aliphatic carbocycles. The van der Waals surface area contributed by atoms with Gasteiger partial charge >= 0.3 is 0 Å². The van der Waals surface area contributed by atoms with Crippen molar-refractivity contribution in [3.63, 3.8) is 0 Å². The number of aliphatic imine (C=N–C) groups is 1. The van der Waals surface area contributed by atoms with Gasteiger partial charge in [-0.2, -0.15) is 0 Å². The van der Waals surface area contributed by atoms with Gasteiger partial charge in [0.25, 0.3) is 0 Å². The Hall–Kier alpha value is -2.86. The maximum atomic E-state index is 11.9. The maximum absolute atomic E-state index is 11.9. The molecule has 0 aliphatic heterocycles. The lowest BCUT2D eigenvalue weighted by molar-refractivity contribution is -0.116. The van der Waals surface area contributed by atoms with Crippen LogP contribution in [0.1, 0.15) is 29.5 Å². The molecular weight excluding hydrogens is 362 g/mol. The van der Waals surface area contributed by atoms with Crippen LogP contribution in [0.2, 0.25) is 0 Å². The van der Waals surface area contributed by atoms with E-state index in [4.69, 9.17) is 0 Å². The molecule has 1 unspecified atom stereocenters. The largest absolute Gasteiger partial charge is 0.356 e. The van der Waals surface area contributed by atoms with Gasteiger partial charge in [0.1, 0.15) is 0 Å². The predicted molar refractivity (Wildman–Crippen MR) is 121 cm³/mol. The molecule has 1 atom stereocenters. The topological polar surface area (TPSA) is 68.8 Å². The second kappa shape index (κ2) is 11.2. The molecule has 0 aromatic heterocycles. The lowest BCUT2D eigenvalue weighted by Gasteiger charge is -2.17. The van der Waals surface area contributed by atoms with Crippen LogP contribution in [0, 0.1) is 6.92 Å². The number of guanidine groups is 1. The van der Waals surface area contributed by atoms with E-state index in [1.54, 1.807) is 7.05 Å². The van der Waals surface area contributed by atoms with E-state index >= 15 is 0 Å². The fourth-order valence-corrected chi connectivity index (χ4v) is 3.00. The number of anilines is 1. The first-order chi connectivity index (χ1) is 13.9. The van der Waals surface area contributed by atoms with Crippen LogP contribution in [0.3, 0.4) is 0 Å². The SMILES string of the molecule is CN=C(NCc1cccc(NC(=O)CN(C)C)c1)NCC(C)c1cccc(C)c1. The average molecular weight is 396 g/mol. The fourth-order valence-electron chi connectivity index (χ4n) is 3.00. The van der Waals surface area contributed by atoms with E-state index < -0.39 is 0 Å². The van der Waals surface area contributed by atoms with Crippen molar-refractivity contribution in [1.82, 2.24) is 15.5 Å². The Balaban J connectivity index is 1.86. The molecule has 0 saturated heterocycles. The van der Waals surface area contributed by atoms with Crippen molar-refractivity contribution < 1.29 is 4.79 Å². The third-order valence-corrected chi connectivity index (χ3v) is 4.54. The summed E-state index contributed by atoms with van der Waals surface area (Å²) in [6, 6.07) is 16.4. The van der Waals surface area contributed by atoms with Gasteiger partial charge < -0.3 is 20.9 Å². The summed E-state index contributed by atoms with van der Waals surface area (Å²) in [5.41, 5.74) is 4.46. The average Bonchev–Trinajstić information content (AvgIpc) is 2.67. The molecule has 0 heterocycles. The Labute approximate surface area is 174 Å². The standard InChI is InChI=1S/C23H33N5O/c1-17-8-6-10-20(12-17)18(2)14-25-23(24-3)26-15-19-9-7-11-21(13-19)27-22(29)16-28(4)5/h6-13,18H,14-16H2,1-5H3,(H,27,29)(H2,24,25,26). The quantitative estimate of drug-likeness (QED) is 0.475. The minimum absolute atomic E-state index is 0.0253. The third kappa shape index (κ3) is 7.95. The number of nitrogens with zero attached hydrogens (tertiary/aromatic N) is 2. The zero-order valence-electron chi connectivity index (χ0n) is 18.1. The summed E-state index contributed by atoms with van der Waals surface area (Å²) in [6.45, 7) is 6.09. The fraction of sp³-hybridized carbons (Fsp3) is 0.391. The molecule has 0 saturated carbocycles. The van der Waals surface area contributed by atoms with Gasteiger partial charge in [-0.15, -0.1) is 0 Å². The summed E-state index contributed by atoms with van der Waals surface area (Å²) in [5.74, 6) is 1.11. The molecule has 0 aliphatic rings. The van der Waals surface area contributed by atoms with Crippen LogP contribution in [-0.2, 0) is 11.3 Å². The molecule has 6 heteroatoms. The number of carbonyl (C=O) groups excluding carboxylic acids is 1. The third-order valence-electron chi connectivity index (χ3n) is 4.54. The second-order valence-electron chi connectivity index (χ2n) is 7.61. The summed E-state index contributed by atoms with van der Waals surface area (Å²) in [4.78, 5) is 18.1. The number of hydrogen-bond acceptors (Lipinski definition) is 3. The van der Waals surface area contributed by atoms with Gasteiger partial charge in [0.15, 0.2) is 5.96 Å². The zero-order chi connectivity index (χ0) is 21.2. The van der Waals surface area contributed by atoms with E-state index in [1.807, 2.05) is 43.3 Å². The van der Waals surface area contributed by atoms with Gasteiger partial charge in [-0.1, -0.05) is 48.9 Å². The van der Waals surface area contributed by atoms with Crippen molar-refractivity contribution >= 4 is 17.6 Å². The van der Waals surface area contributed by atoms with Crippen LogP contribution in [0.5, 0.6) is 0 Å². The van der Waals surface area contributed by atoms with E-state index in [0.29, 0.717) is 19.0 Å². The van der Waals surface area contributed by atoms with Crippen molar-refractivity contribution in [1.29, 1.82) is 0 Å². The predicted octanol–water partition coefficient (Wildman–Crippen LogP) is 2.96. The van der Waals surface area contributed by atoms with Crippen molar-refractivity contribution in [3.8, 4) is 0 Å². The van der Waals surface area contributed by atoms with Crippen LogP contribution in [0.4, 0.5) is 5.69 Å². The molecule has 0 bridgehead atoms. The number of rotatable bonds is 8. The summed E-state index contributed by atoms with van der Waals surface area (Å²) in [6.07, 6.45) is 0. The highest BCUT2D eigenvalue weighted by Gasteiger charge is 2.08. The van der Waals surface area contributed by atoms with E-state index in [0.717, 1.165) is 23.8 Å². The van der Waals surface area contributed by atoms with Gasteiger partial charge in [-0.25, -0.2) is 0 Å². The van der Waals surface area contributed by atoms with Crippen molar-refractivity contribution in [2.45, 2.75) is 26.3 Å². The van der Waals surface area contributed by atoms with E-state index in [-0.39, 0.29) is 5.91 Å². The van der Waals surface area contributed by atoms with Crippen LogP contribution < -0.4 is 16.0 Å². The highest BCUT2D eigenvalue weighted by Crippen LogP contribution is 2.15. The van der Waals surface area contributed by atoms with Crippen LogP contribution >= 0.6 is 0 Å². The van der Waals surface area contributed by atoms with Crippen molar-refractivity contribution in [3.05, 3.63) is 65.2 Å². The van der Waals surface area contributed by atoms with Gasteiger partial charge in [0.05, 0.1) is 6.54 Å². The lowest BCUT2D eigenvalue weighted by Crippen LogP contribution is -2.38. The number of benzene rings is 2. The molecule has 2 aromatic rings. The molecular formula is C23H33N5O. The van der Waals surface area contributed by atoms with Gasteiger partial charge in [-0.3, -0.25) is 9.79 Å². The first kappa shape index (κ1) is 22.4. The normalized spacial score (nSPS) is 12.6. The van der Waals surface area contributed by atoms with Crippen LogP contribution in [0.15, 0.2) is 53.5 Å². The van der Waals surface area contributed by atoms with Crippen molar-refractivity contribution in [2.75, 3.05) is 39.5 Å². The molecule has 156 valence electrons. The molecule has 3 N–H and O–H groups in total. The van der Waals surface area contributed by atoms with Crippen LogP contribution in [-0.4, -0.2) is 51.0 Å². The van der Waals surface area contributed by atoms with Crippen molar-refractivity contribution in [2.24, 2.45) is 4.99 Å². The molecule has 1 amide bonds. The molecule has 6 nitrogen and oxygen atoms in total. The molecule has 2 rings (SSSR count). The molecule has 29 heavy (non-hydrogen) atoms. The Morgan fingerprint density at radius 1 is 1.10 bits per heavy atom. The Morgan fingerprint density at radius 3 is 2.55 bits per heavy atom. The molecule has 0 spiro atoms. The summed E-state index contributed by atoms with van der Waals surface area (Å²) in [5, 5.41) is 9.65. The molecule has 0 fully saturated rings. The van der Waals surface area contributed by atoms with E-state index in [2.05, 4.69) is 59.1 Å². The Kier molecular flexibility index (Phi) is 8.68. The van der Waals surface area contributed by atoms with Crippen LogP contribution in [0.25, 0.3) is 0 Å². The smallest absolute Gasteiger partial charge is 0.238 e. The van der Waals surface area contributed by atoms with Gasteiger partial charge in [0, 0.05) is 25.8 Å². The number of likely N-dealkylation sites (N-methyl/N-ethyl adjacent to an activating group) is 1. The summed E-state index contributed by atoms with van der Waals surface area (Å²) >= 11 is 0. The van der Waals surface area contributed by atoms with E-state index in [1.165, 1.54) is 11.1 Å². The Morgan fingerprint density at radius 2 is 1.86 bits per heavy atom.